The van der Waals surface area contributed by atoms with Crippen LogP contribution >= 0.6 is 11.8 Å². The fraction of sp³-hybridized carbons (Fsp3) is 0.565. The molecule has 1 fully saturated rings. The highest BCUT2D eigenvalue weighted by Gasteiger charge is 2.17. The van der Waals surface area contributed by atoms with Gasteiger partial charge in [0.25, 0.3) is 5.56 Å². The number of rotatable bonds is 11. The van der Waals surface area contributed by atoms with Crippen molar-refractivity contribution in [3.63, 3.8) is 0 Å². The van der Waals surface area contributed by atoms with Crippen LogP contribution < -0.4 is 16.2 Å². The van der Waals surface area contributed by atoms with Gasteiger partial charge in [0, 0.05) is 32.2 Å². The van der Waals surface area contributed by atoms with Gasteiger partial charge >= 0.3 is 0 Å². The molecule has 9 heteroatoms. The van der Waals surface area contributed by atoms with E-state index in [-0.39, 0.29) is 35.3 Å². The van der Waals surface area contributed by atoms with Gasteiger partial charge in [-0.3, -0.25) is 19.0 Å². The van der Waals surface area contributed by atoms with Crippen molar-refractivity contribution < 1.29 is 14.3 Å². The van der Waals surface area contributed by atoms with Gasteiger partial charge in [0.05, 0.1) is 22.8 Å². The fourth-order valence-electron chi connectivity index (χ4n) is 3.52. The van der Waals surface area contributed by atoms with Gasteiger partial charge in [-0.15, -0.1) is 0 Å². The molecule has 2 atom stereocenters. The van der Waals surface area contributed by atoms with Crippen LogP contribution in [-0.4, -0.2) is 52.4 Å². The van der Waals surface area contributed by atoms with Crippen LogP contribution in [0.15, 0.2) is 34.2 Å². The Morgan fingerprint density at radius 1 is 1.31 bits per heavy atom. The van der Waals surface area contributed by atoms with E-state index in [0.29, 0.717) is 42.0 Å². The molecule has 2 N–H and O–H groups in total. The average molecular weight is 461 g/mol. The number of carbonyl (C=O) groups excluding carboxylic acids is 2. The summed E-state index contributed by atoms with van der Waals surface area (Å²) < 4.78 is 7.10. The second-order valence-corrected chi connectivity index (χ2v) is 9.02. The van der Waals surface area contributed by atoms with Gasteiger partial charge in [0.2, 0.25) is 11.8 Å². The van der Waals surface area contributed by atoms with E-state index >= 15 is 0 Å². The van der Waals surface area contributed by atoms with Crippen LogP contribution in [0.3, 0.4) is 0 Å². The van der Waals surface area contributed by atoms with Crippen LogP contribution in [-0.2, 0) is 20.9 Å². The third-order valence-corrected chi connectivity index (χ3v) is 6.49. The van der Waals surface area contributed by atoms with Crippen LogP contribution in [0.4, 0.5) is 0 Å². The molecule has 2 heterocycles. The zero-order valence-corrected chi connectivity index (χ0v) is 19.6. The van der Waals surface area contributed by atoms with E-state index in [2.05, 4.69) is 15.6 Å². The number of nitrogens with one attached hydrogen (secondary N) is 2. The predicted molar refractivity (Wildman–Crippen MR) is 126 cm³/mol. The Morgan fingerprint density at radius 2 is 2.12 bits per heavy atom. The predicted octanol–water partition coefficient (Wildman–Crippen LogP) is 2.48. The minimum Gasteiger partial charge on any atom is -0.376 e. The summed E-state index contributed by atoms with van der Waals surface area (Å²) in [6.07, 6.45) is 3.78. The van der Waals surface area contributed by atoms with Gasteiger partial charge in [-0.2, -0.15) is 0 Å². The molecule has 1 aromatic carbocycles. The molecule has 1 saturated heterocycles. The maximum Gasteiger partial charge on any atom is 0.262 e. The van der Waals surface area contributed by atoms with Gasteiger partial charge in [-0.1, -0.05) is 30.8 Å². The first-order chi connectivity index (χ1) is 15.5. The second kappa shape index (κ2) is 12.0. The van der Waals surface area contributed by atoms with Gasteiger partial charge in [0.1, 0.15) is 0 Å². The van der Waals surface area contributed by atoms with Crippen molar-refractivity contribution in [1.29, 1.82) is 0 Å². The summed E-state index contributed by atoms with van der Waals surface area (Å²) in [4.78, 5) is 42.1. The molecule has 174 valence electrons. The molecule has 0 bridgehead atoms. The Labute approximate surface area is 192 Å². The van der Waals surface area contributed by atoms with E-state index in [9.17, 15) is 14.4 Å². The highest BCUT2D eigenvalue weighted by molar-refractivity contribution is 7.99. The molecule has 0 aliphatic carbocycles. The van der Waals surface area contributed by atoms with E-state index in [1.54, 1.807) is 22.8 Å². The minimum atomic E-state index is -0.153. The molecule has 0 saturated carbocycles. The molecule has 0 spiro atoms. The number of nitrogens with zero attached hydrogens (tertiary/aromatic N) is 2. The summed E-state index contributed by atoms with van der Waals surface area (Å²) in [6.45, 7) is 5.62. The lowest BCUT2D eigenvalue weighted by Crippen LogP contribution is -2.33. The molecular formula is C23H32N4O4S. The summed E-state index contributed by atoms with van der Waals surface area (Å²) in [5.41, 5.74) is 0.452. The number of para-hydroxylation sites is 1. The lowest BCUT2D eigenvalue weighted by atomic mass is 10.2. The Kier molecular flexibility index (Phi) is 9.11. The summed E-state index contributed by atoms with van der Waals surface area (Å²) >= 11 is 1.25. The van der Waals surface area contributed by atoms with Crippen LogP contribution in [0, 0.1) is 0 Å². The number of hydrogen-bond donors (Lipinski definition) is 2. The van der Waals surface area contributed by atoms with Crippen molar-refractivity contribution in [2.75, 3.05) is 18.9 Å². The third-order valence-electron chi connectivity index (χ3n) is 5.52. The Balaban J connectivity index is 1.64. The normalized spacial score (nSPS) is 16.8. The quantitative estimate of drug-likeness (QED) is 0.395. The first-order valence-electron chi connectivity index (χ1n) is 11.3. The van der Waals surface area contributed by atoms with E-state index in [1.165, 1.54) is 11.8 Å². The SMILES string of the molecule is CC[C@@H](C)NC(=O)CSc1nc2ccccc2c(=O)n1CCCC(=O)NC[C@@H]1CCCO1. The van der Waals surface area contributed by atoms with Crippen LogP contribution in [0.5, 0.6) is 0 Å². The topological polar surface area (TPSA) is 102 Å². The monoisotopic (exact) mass is 460 g/mol. The lowest BCUT2D eigenvalue weighted by Gasteiger charge is -2.15. The van der Waals surface area contributed by atoms with Gasteiger partial charge < -0.3 is 15.4 Å². The average Bonchev–Trinajstić information content (AvgIpc) is 3.31. The largest absolute Gasteiger partial charge is 0.376 e. The highest BCUT2D eigenvalue weighted by Crippen LogP contribution is 2.18. The smallest absolute Gasteiger partial charge is 0.262 e. The zero-order valence-electron chi connectivity index (χ0n) is 18.8. The van der Waals surface area contributed by atoms with Crippen molar-refractivity contribution in [1.82, 2.24) is 20.2 Å². The van der Waals surface area contributed by atoms with Crippen molar-refractivity contribution in [2.45, 2.75) is 69.8 Å². The minimum absolute atomic E-state index is 0.0515. The molecule has 8 nitrogen and oxygen atoms in total. The molecule has 2 amide bonds. The maximum atomic E-state index is 13.1. The van der Waals surface area contributed by atoms with E-state index < -0.39 is 0 Å². The van der Waals surface area contributed by atoms with Crippen molar-refractivity contribution in [3.8, 4) is 0 Å². The summed E-state index contributed by atoms with van der Waals surface area (Å²) in [5, 5.41) is 6.86. The number of hydrogen-bond acceptors (Lipinski definition) is 6. The van der Waals surface area contributed by atoms with Crippen molar-refractivity contribution in [2.24, 2.45) is 0 Å². The van der Waals surface area contributed by atoms with Crippen molar-refractivity contribution >= 4 is 34.5 Å². The number of thioether (sulfide) groups is 1. The third kappa shape index (κ3) is 6.80. The van der Waals surface area contributed by atoms with Gasteiger partial charge in [0.15, 0.2) is 5.16 Å². The summed E-state index contributed by atoms with van der Waals surface area (Å²) in [7, 11) is 0. The standard InChI is InChI=1S/C23H32N4O4S/c1-3-16(2)25-21(29)15-32-23-26-19-10-5-4-9-18(19)22(30)27(23)12-6-11-20(28)24-14-17-8-7-13-31-17/h4-5,9-10,16-17H,3,6-8,11-15H2,1-2H3,(H,24,28)(H,25,29)/t16-,17+/m1/s1. The molecule has 1 aromatic heterocycles. The molecule has 3 rings (SSSR count). The first kappa shape index (κ1) is 24.3. The number of ether oxygens (including phenoxy) is 1. The van der Waals surface area contributed by atoms with Gasteiger partial charge in [-0.25, -0.2) is 4.98 Å². The molecule has 1 aliphatic rings. The van der Waals surface area contributed by atoms with Crippen LogP contribution in [0.25, 0.3) is 10.9 Å². The van der Waals surface area contributed by atoms with Gasteiger partial charge in [-0.05, 0) is 44.7 Å². The van der Waals surface area contributed by atoms with Crippen molar-refractivity contribution in [3.05, 3.63) is 34.6 Å². The summed E-state index contributed by atoms with van der Waals surface area (Å²) in [6, 6.07) is 7.29. The first-order valence-corrected chi connectivity index (χ1v) is 12.3. The molecule has 0 unspecified atom stereocenters. The Morgan fingerprint density at radius 3 is 2.88 bits per heavy atom. The van der Waals surface area contributed by atoms with Crippen LogP contribution in [0.1, 0.15) is 46.0 Å². The maximum absolute atomic E-state index is 13.1. The summed E-state index contributed by atoms with van der Waals surface area (Å²) in [5.74, 6) is 0.0352. The number of carbonyl (C=O) groups is 2. The number of amides is 2. The zero-order chi connectivity index (χ0) is 22.9. The molecule has 1 aliphatic heterocycles. The molecule has 0 radical (unpaired) electrons. The molecule has 32 heavy (non-hydrogen) atoms. The number of fused-ring (bicyclic) bond motifs is 1. The lowest BCUT2D eigenvalue weighted by molar-refractivity contribution is -0.122. The van der Waals surface area contributed by atoms with E-state index in [4.69, 9.17) is 4.74 Å². The highest BCUT2D eigenvalue weighted by atomic mass is 32.2. The molecular weight excluding hydrogens is 428 g/mol. The second-order valence-electron chi connectivity index (χ2n) is 8.08. The van der Waals surface area contributed by atoms with E-state index in [0.717, 1.165) is 25.9 Å². The molecule has 2 aromatic rings. The number of benzene rings is 1. The number of aromatic nitrogens is 2. The Bertz CT molecular complexity index is 988. The van der Waals surface area contributed by atoms with E-state index in [1.807, 2.05) is 19.9 Å². The fourth-order valence-corrected chi connectivity index (χ4v) is 4.36. The van der Waals surface area contributed by atoms with Crippen LogP contribution in [0.2, 0.25) is 0 Å². The Hall–Kier alpha value is -2.39.